The largest absolute Gasteiger partial charge is 0.336 e. The average Bonchev–Trinajstić information content (AvgIpc) is 3.14. The zero-order valence-corrected chi connectivity index (χ0v) is 19.1. The number of carbonyl (C=O) groups is 1. The summed E-state index contributed by atoms with van der Waals surface area (Å²) in [7, 11) is -3.63. The van der Waals surface area contributed by atoms with Crippen molar-refractivity contribution in [1.29, 1.82) is 0 Å². The molecule has 0 bridgehead atoms. The van der Waals surface area contributed by atoms with Gasteiger partial charge in [-0.05, 0) is 44.5 Å². The van der Waals surface area contributed by atoms with Gasteiger partial charge >= 0.3 is 0 Å². The second-order valence-corrected chi connectivity index (χ2v) is 9.88. The molecule has 2 heterocycles. The van der Waals surface area contributed by atoms with Gasteiger partial charge in [-0.15, -0.1) is 0 Å². The summed E-state index contributed by atoms with van der Waals surface area (Å²) < 4.78 is 43.1. The normalized spacial score (nSPS) is 15.2. The highest BCUT2D eigenvalue weighted by atomic mass is 32.2. The van der Waals surface area contributed by atoms with E-state index in [2.05, 4.69) is 5.10 Å². The Morgan fingerprint density at radius 3 is 2.34 bits per heavy atom. The van der Waals surface area contributed by atoms with Crippen molar-refractivity contribution in [3.63, 3.8) is 0 Å². The highest BCUT2D eigenvalue weighted by molar-refractivity contribution is 7.89. The predicted molar refractivity (Wildman–Crippen MR) is 119 cm³/mol. The molecule has 0 radical (unpaired) electrons. The van der Waals surface area contributed by atoms with Gasteiger partial charge in [0.1, 0.15) is 11.5 Å². The molecule has 0 spiro atoms. The lowest BCUT2D eigenvalue weighted by molar-refractivity contribution is 0.0697. The molecule has 1 fully saturated rings. The maximum absolute atomic E-state index is 14.1. The number of sulfonamides is 1. The van der Waals surface area contributed by atoms with E-state index in [1.165, 1.54) is 21.3 Å². The molecule has 2 aromatic carbocycles. The monoisotopic (exact) mass is 456 g/mol. The summed E-state index contributed by atoms with van der Waals surface area (Å²) in [6, 6.07) is 11.5. The minimum atomic E-state index is -3.63. The van der Waals surface area contributed by atoms with Crippen molar-refractivity contribution in [2.45, 2.75) is 25.7 Å². The summed E-state index contributed by atoms with van der Waals surface area (Å²) in [4.78, 5) is 15.0. The molecule has 9 heteroatoms. The maximum atomic E-state index is 14.1. The quantitative estimate of drug-likeness (QED) is 0.605. The van der Waals surface area contributed by atoms with Gasteiger partial charge in [-0.1, -0.05) is 29.8 Å². The molecule has 0 aliphatic carbocycles. The Morgan fingerprint density at radius 2 is 1.69 bits per heavy atom. The number of hydrogen-bond donors (Lipinski definition) is 0. The van der Waals surface area contributed by atoms with E-state index < -0.39 is 15.8 Å². The third kappa shape index (κ3) is 3.93. The van der Waals surface area contributed by atoms with Gasteiger partial charge in [-0.25, -0.2) is 17.5 Å². The molecule has 1 aromatic heterocycles. The van der Waals surface area contributed by atoms with E-state index >= 15 is 0 Å². The van der Waals surface area contributed by atoms with Gasteiger partial charge in [0.25, 0.3) is 5.91 Å². The van der Waals surface area contributed by atoms with Gasteiger partial charge in [-0.3, -0.25) is 4.79 Å². The van der Waals surface area contributed by atoms with E-state index in [1.54, 1.807) is 49.1 Å². The minimum absolute atomic E-state index is 0.210. The molecular formula is C23H25FN4O3S. The zero-order chi connectivity index (χ0) is 23.0. The molecule has 0 saturated carbocycles. The fourth-order valence-electron chi connectivity index (χ4n) is 4.02. The van der Waals surface area contributed by atoms with Gasteiger partial charge in [0, 0.05) is 26.2 Å². The summed E-state index contributed by atoms with van der Waals surface area (Å²) in [5.41, 5.74) is 2.89. The number of halogens is 1. The van der Waals surface area contributed by atoms with Crippen LogP contribution in [0.5, 0.6) is 0 Å². The van der Waals surface area contributed by atoms with Crippen molar-refractivity contribution in [3.05, 3.63) is 76.9 Å². The van der Waals surface area contributed by atoms with E-state index in [0.717, 1.165) is 5.56 Å². The smallest absolute Gasteiger partial charge is 0.257 e. The Hall–Kier alpha value is -3.04. The highest BCUT2D eigenvalue weighted by Crippen LogP contribution is 2.23. The third-order valence-corrected chi connectivity index (χ3v) is 7.85. The summed E-state index contributed by atoms with van der Waals surface area (Å²) in [5.74, 6) is -0.670. The number of para-hydroxylation sites is 1. The van der Waals surface area contributed by atoms with E-state index in [0.29, 0.717) is 21.7 Å². The zero-order valence-electron chi connectivity index (χ0n) is 18.2. The maximum Gasteiger partial charge on any atom is 0.257 e. The molecule has 0 unspecified atom stereocenters. The van der Waals surface area contributed by atoms with Gasteiger partial charge in [0.2, 0.25) is 10.0 Å². The van der Waals surface area contributed by atoms with Crippen molar-refractivity contribution in [1.82, 2.24) is 19.0 Å². The second kappa shape index (κ2) is 8.48. The lowest BCUT2D eigenvalue weighted by Crippen LogP contribution is -2.50. The number of benzene rings is 2. The van der Waals surface area contributed by atoms with Gasteiger partial charge in [0.05, 0.1) is 22.3 Å². The SMILES string of the molecule is Cc1ccc(S(=O)(=O)N2CCN(C(=O)c3cnn(-c4ccccc4F)c3C)CC2)c(C)c1. The van der Waals surface area contributed by atoms with Crippen molar-refractivity contribution < 1.29 is 17.6 Å². The molecule has 0 atom stereocenters. The number of piperazine rings is 1. The van der Waals surface area contributed by atoms with Crippen LogP contribution < -0.4 is 0 Å². The topological polar surface area (TPSA) is 75.5 Å². The minimum Gasteiger partial charge on any atom is -0.336 e. The van der Waals surface area contributed by atoms with Crippen LogP contribution in [0.3, 0.4) is 0 Å². The van der Waals surface area contributed by atoms with Crippen LogP contribution in [0.15, 0.2) is 53.6 Å². The number of aromatic nitrogens is 2. The molecule has 1 aliphatic rings. The van der Waals surface area contributed by atoms with Crippen molar-refractivity contribution >= 4 is 15.9 Å². The Labute approximate surface area is 187 Å². The summed E-state index contributed by atoms with van der Waals surface area (Å²) in [5, 5.41) is 4.20. The van der Waals surface area contributed by atoms with Crippen LogP contribution in [0.2, 0.25) is 0 Å². The molecular weight excluding hydrogens is 431 g/mol. The summed E-state index contributed by atoms with van der Waals surface area (Å²) >= 11 is 0. The Bertz CT molecular complexity index is 1280. The molecule has 0 N–H and O–H groups in total. The Balaban J connectivity index is 1.49. The third-order valence-electron chi connectivity index (χ3n) is 5.79. The molecule has 168 valence electrons. The van der Waals surface area contributed by atoms with Gasteiger partial charge in [0.15, 0.2) is 0 Å². The Kier molecular flexibility index (Phi) is 5.87. The van der Waals surface area contributed by atoms with E-state index in [4.69, 9.17) is 0 Å². The first-order valence-electron chi connectivity index (χ1n) is 10.4. The fourth-order valence-corrected chi connectivity index (χ4v) is 5.64. The van der Waals surface area contributed by atoms with E-state index in [-0.39, 0.29) is 37.8 Å². The van der Waals surface area contributed by atoms with Crippen molar-refractivity contribution in [3.8, 4) is 5.69 Å². The summed E-state index contributed by atoms with van der Waals surface area (Å²) in [6.07, 6.45) is 1.43. The van der Waals surface area contributed by atoms with Crippen LogP contribution in [0, 0.1) is 26.6 Å². The van der Waals surface area contributed by atoms with E-state index in [9.17, 15) is 17.6 Å². The van der Waals surface area contributed by atoms with Crippen molar-refractivity contribution in [2.75, 3.05) is 26.2 Å². The number of amides is 1. The van der Waals surface area contributed by atoms with Crippen LogP contribution in [0.1, 0.15) is 27.2 Å². The molecule has 1 saturated heterocycles. The molecule has 1 aliphatic heterocycles. The first-order valence-corrected chi connectivity index (χ1v) is 11.8. The standard InChI is InChI=1S/C23H25FN4O3S/c1-16-8-9-22(17(2)14-16)32(30,31)27-12-10-26(11-13-27)23(29)19-15-25-28(18(19)3)21-7-5-4-6-20(21)24/h4-9,14-15H,10-13H2,1-3H3. The first kappa shape index (κ1) is 22.2. The van der Waals surface area contributed by atoms with Crippen molar-refractivity contribution in [2.24, 2.45) is 0 Å². The lowest BCUT2D eigenvalue weighted by Gasteiger charge is -2.34. The van der Waals surface area contributed by atoms with Crippen LogP contribution in [0.25, 0.3) is 5.69 Å². The Morgan fingerprint density at radius 1 is 1.00 bits per heavy atom. The second-order valence-electron chi connectivity index (χ2n) is 7.97. The predicted octanol–water partition coefficient (Wildman–Crippen LogP) is 3.08. The molecule has 7 nitrogen and oxygen atoms in total. The van der Waals surface area contributed by atoms with Gasteiger partial charge < -0.3 is 4.90 Å². The highest BCUT2D eigenvalue weighted by Gasteiger charge is 2.32. The van der Waals surface area contributed by atoms with E-state index in [1.807, 2.05) is 13.0 Å². The summed E-state index contributed by atoms with van der Waals surface area (Å²) in [6.45, 7) is 6.39. The lowest BCUT2D eigenvalue weighted by atomic mass is 10.2. The number of aryl methyl sites for hydroxylation is 2. The average molecular weight is 457 g/mol. The number of rotatable bonds is 4. The molecule has 1 amide bonds. The van der Waals surface area contributed by atoms with Gasteiger partial charge in [-0.2, -0.15) is 9.40 Å². The van der Waals surface area contributed by atoms with Crippen LogP contribution in [-0.2, 0) is 10.0 Å². The van der Waals surface area contributed by atoms with Crippen LogP contribution in [-0.4, -0.2) is 59.5 Å². The van der Waals surface area contributed by atoms with Crippen LogP contribution >= 0.6 is 0 Å². The molecule has 32 heavy (non-hydrogen) atoms. The first-order chi connectivity index (χ1) is 15.2. The molecule has 3 aromatic rings. The number of nitrogens with zero attached hydrogens (tertiary/aromatic N) is 4. The fraction of sp³-hybridized carbons (Fsp3) is 0.304. The number of hydrogen-bond acceptors (Lipinski definition) is 4. The number of carbonyl (C=O) groups excluding carboxylic acids is 1. The van der Waals surface area contributed by atoms with Crippen LogP contribution in [0.4, 0.5) is 4.39 Å². The molecule has 4 rings (SSSR count).